The van der Waals surface area contributed by atoms with Crippen LogP contribution in [0.4, 0.5) is 0 Å². The van der Waals surface area contributed by atoms with Gasteiger partial charge in [-0.2, -0.15) is 0 Å². The second-order valence-corrected chi connectivity index (χ2v) is 6.56. The van der Waals surface area contributed by atoms with Gasteiger partial charge in [-0.15, -0.1) is 0 Å². The van der Waals surface area contributed by atoms with Gasteiger partial charge in [-0.25, -0.2) is 0 Å². The van der Waals surface area contributed by atoms with Crippen LogP contribution >= 0.6 is 7.92 Å². The van der Waals surface area contributed by atoms with Gasteiger partial charge in [0.2, 0.25) is 0 Å². The molecular weight excluding hydrogens is 335 g/mol. The molecule has 3 aromatic rings. The molecule has 0 aromatic heterocycles. The molecule has 0 saturated heterocycles. The Hall–Kier alpha value is -0.429. The molecule has 0 saturated carbocycles. The van der Waals surface area contributed by atoms with Crippen molar-refractivity contribution in [2.45, 2.75) is 0 Å². The van der Waals surface area contributed by atoms with Crippen LogP contribution in [-0.2, 0) is 0 Å². The van der Waals surface area contributed by atoms with Gasteiger partial charge in [0.1, 0.15) is 0 Å². The van der Waals surface area contributed by atoms with Crippen molar-refractivity contribution >= 4 is 69.3 Å². The normalized spacial score (nSPS) is 10.1. The van der Waals surface area contributed by atoms with E-state index in [0.29, 0.717) is 0 Å². The summed E-state index contributed by atoms with van der Waals surface area (Å²) in [5.74, 6) is 0. The molecular formula is C18H15PSr. The summed E-state index contributed by atoms with van der Waals surface area (Å²) < 4.78 is 0. The maximum Gasteiger partial charge on any atom is 0 e. The Morgan fingerprint density at radius 2 is 0.650 bits per heavy atom. The first-order valence-electron chi connectivity index (χ1n) is 6.40. The van der Waals surface area contributed by atoms with E-state index in [4.69, 9.17) is 0 Å². The Balaban J connectivity index is 0.00000147. The average Bonchev–Trinajstić information content (AvgIpc) is 2.51. The number of benzene rings is 3. The largest absolute Gasteiger partial charge is 0.0622 e. The van der Waals surface area contributed by atoms with Gasteiger partial charge >= 0.3 is 0 Å². The molecule has 0 fully saturated rings. The topological polar surface area (TPSA) is 0 Å². The summed E-state index contributed by atoms with van der Waals surface area (Å²) in [6, 6.07) is 32.3. The summed E-state index contributed by atoms with van der Waals surface area (Å²) in [4.78, 5) is 0. The molecule has 2 radical (unpaired) electrons. The first kappa shape index (κ1) is 15.9. The number of hydrogen-bond acceptors (Lipinski definition) is 0. The van der Waals surface area contributed by atoms with E-state index in [-0.39, 0.29) is 45.5 Å². The fraction of sp³-hybridized carbons (Fsp3) is 0. The molecule has 3 rings (SSSR count). The van der Waals surface area contributed by atoms with E-state index in [2.05, 4.69) is 91.0 Å². The molecule has 0 aliphatic carbocycles. The summed E-state index contributed by atoms with van der Waals surface area (Å²) in [5, 5.41) is 4.19. The Labute approximate surface area is 158 Å². The third-order valence-corrected chi connectivity index (χ3v) is 5.49. The first-order valence-corrected chi connectivity index (χ1v) is 7.74. The molecule has 0 heterocycles. The van der Waals surface area contributed by atoms with E-state index in [1.807, 2.05) is 0 Å². The van der Waals surface area contributed by atoms with E-state index in [1.165, 1.54) is 15.9 Å². The van der Waals surface area contributed by atoms with E-state index >= 15 is 0 Å². The van der Waals surface area contributed by atoms with Gasteiger partial charge in [-0.1, -0.05) is 91.0 Å². The van der Waals surface area contributed by atoms with Gasteiger partial charge in [0.15, 0.2) is 0 Å². The fourth-order valence-electron chi connectivity index (χ4n) is 2.18. The van der Waals surface area contributed by atoms with Crippen molar-refractivity contribution in [1.29, 1.82) is 0 Å². The zero-order chi connectivity index (χ0) is 12.9. The molecule has 0 N–H and O–H groups in total. The van der Waals surface area contributed by atoms with E-state index in [9.17, 15) is 0 Å². The second kappa shape index (κ2) is 8.12. The monoisotopic (exact) mass is 350 g/mol. The summed E-state index contributed by atoms with van der Waals surface area (Å²) in [6.07, 6.45) is 0. The fourth-order valence-corrected chi connectivity index (χ4v) is 4.48. The van der Waals surface area contributed by atoms with Gasteiger partial charge in [0, 0.05) is 45.5 Å². The standard InChI is InChI=1S/C18H15P.Sr/c1-4-10-16(11-5-1)19(17-12-6-2-7-13-17)18-14-8-3-9-15-18;/h1-15H;. The summed E-state index contributed by atoms with van der Waals surface area (Å²) >= 11 is 0. The van der Waals surface area contributed by atoms with Crippen LogP contribution in [0.1, 0.15) is 0 Å². The molecule has 3 aromatic carbocycles. The Morgan fingerprint density at radius 1 is 0.400 bits per heavy atom. The molecule has 0 unspecified atom stereocenters. The van der Waals surface area contributed by atoms with Crippen molar-refractivity contribution in [3.05, 3.63) is 91.0 Å². The third kappa shape index (κ3) is 3.81. The van der Waals surface area contributed by atoms with Crippen LogP contribution in [0.25, 0.3) is 0 Å². The SMILES string of the molecule is [Sr].c1ccc(P(c2ccccc2)c2ccccc2)cc1. The van der Waals surface area contributed by atoms with Crippen LogP contribution in [0.3, 0.4) is 0 Å². The molecule has 0 spiro atoms. The minimum absolute atomic E-state index is 0. The molecule has 0 atom stereocenters. The summed E-state index contributed by atoms with van der Waals surface area (Å²) in [5.41, 5.74) is 0. The summed E-state index contributed by atoms with van der Waals surface area (Å²) in [7, 11) is -0.446. The van der Waals surface area contributed by atoms with E-state index in [0.717, 1.165) is 0 Å². The molecule has 20 heavy (non-hydrogen) atoms. The Bertz CT molecular complexity index is 529. The van der Waals surface area contributed by atoms with Crippen LogP contribution in [-0.4, -0.2) is 45.5 Å². The van der Waals surface area contributed by atoms with Crippen molar-refractivity contribution in [3.63, 3.8) is 0 Å². The van der Waals surface area contributed by atoms with Gasteiger partial charge in [0.05, 0.1) is 0 Å². The van der Waals surface area contributed by atoms with Crippen molar-refractivity contribution < 1.29 is 0 Å². The van der Waals surface area contributed by atoms with Crippen LogP contribution < -0.4 is 15.9 Å². The zero-order valence-electron chi connectivity index (χ0n) is 11.3. The van der Waals surface area contributed by atoms with Crippen LogP contribution in [0.15, 0.2) is 91.0 Å². The zero-order valence-corrected chi connectivity index (χ0v) is 15.7. The molecule has 0 aliphatic rings. The van der Waals surface area contributed by atoms with E-state index in [1.54, 1.807) is 0 Å². The second-order valence-electron chi connectivity index (χ2n) is 4.34. The third-order valence-electron chi connectivity index (χ3n) is 3.04. The summed E-state index contributed by atoms with van der Waals surface area (Å²) in [6.45, 7) is 0. The van der Waals surface area contributed by atoms with E-state index < -0.39 is 7.92 Å². The average molecular weight is 350 g/mol. The van der Waals surface area contributed by atoms with Gasteiger partial charge in [-0.3, -0.25) is 0 Å². The Morgan fingerprint density at radius 3 is 0.900 bits per heavy atom. The van der Waals surface area contributed by atoms with Crippen molar-refractivity contribution in [1.82, 2.24) is 0 Å². The van der Waals surface area contributed by atoms with Crippen molar-refractivity contribution in [3.8, 4) is 0 Å². The minimum atomic E-state index is -0.446. The maximum absolute atomic E-state index is 2.23. The molecule has 2 heteroatoms. The van der Waals surface area contributed by atoms with Gasteiger partial charge < -0.3 is 0 Å². The van der Waals surface area contributed by atoms with Crippen LogP contribution in [0.2, 0.25) is 0 Å². The smallest absolute Gasteiger partial charge is 0 e. The molecule has 0 amide bonds. The molecule has 0 nitrogen and oxygen atoms in total. The predicted molar refractivity (Wildman–Crippen MR) is 90.9 cm³/mol. The quantitative estimate of drug-likeness (QED) is 0.503. The molecule has 94 valence electrons. The maximum atomic E-state index is 2.23. The van der Waals surface area contributed by atoms with Crippen LogP contribution in [0.5, 0.6) is 0 Å². The van der Waals surface area contributed by atoms with Crippen LogP contribution in [0, 0.1) is 0 Å². The van der Waals surface area contributed by atoms with Gasteiger partial charge in [-0.05, 0) is 23.8 Å². The first-order chi connectivity index (χ1) is 9.45. The minimum Gasteiger partial charge on any atom is -0.0622 e. The predicted octanol–water partition coefficient (Wildman–Crippen LogP) is 3.06. The van der Waals surface area contributed by atoms with Crippen molar-refractivity contribution in [2.75, 3.05) is 0 Å². The molecule has 0 bridgehead atoms. The number of rotatable bonds is 3. The van der Waals surface area contributed by atoms with Crippen molar-refractivity contribution in [2.24, 2.45) is 0 Å². The Kier molecular flexibility index (Phi) is 6.48. The molecule has 0 aliphatic heterocycles. The van der Waals surface area contributed by atoms with Gasteiger partial charge in [0.25, 0.3) is 0 Å². The number of hydrogen-bond donors (Lipinski definition) is 0.